The Labute approximate surface area is 69.8 Å². The molecule has 0 radical (unpaired) electrons. The molecule has 1 aliphatic rings. The van der Waals surface area contributed by atoms with Crippen LogP contribution in [0.1, 0.15) is 32.6 Å². The second kappa shape index (κ2) is 4.73. The maximum atomic E-state index is 5.68. The smallest absolute Gasteiger partial charge is 0.00226 e. The number of likely N-dealkylation sites (tertiary alicyclic amines) is 1. The lowest BCUT2D eigenvalue weighted by atomic mass is 10.1. The molecule has 1 saturated heterocycles. The minimum atomic E-state index is 0.372. The molecule has 2 heteroatoms. The van der Waals surface area contributed by atoms with Gasteiger partial charge in [-0.15, -0.1) is 0 Å². The highest BCUT2D eigenvalue weighted by Crippen LogP contribution is 2.08. The van der Waals surface area contributed by atoms with Gasteiger partial charge in [-0.25, -0.2) is 0 Å². The second-order valence-corrected chi connectivity index (χ2v) is 3.67. The van der Waals surface area contributed by atoms with Crippen LogP contribution in [0.25, 0.3) is 0 Å². The van der Waals surface area contributed by atoms with Crippen LogP contribution in [0.2, 0.25) is 0 Å². The van der Waals surface area contributed by atoms with Crippen LogP contribution in [0.3, 0.4) is 0 Å². The van der Waals surface area contributed by atoms with E-state index in [1.807, 2.05) is 0 Å². The summed E-state index contributed by atoms with van der Waals surface area (Å²) in [5.41, 5.74) is 5.68. The molecule has 0 saturated carbocycles. The molecule has 11 heavy (non-hydrogen) atoms. The van der Waals surface area contributed by atoms with E-state index in [4.69, 9.17) is 5.73 Å². The molecular formula is C9H20N2. The number of piperidine rings is 1. The number of hydrogen-bond acceptors (Lipinski definition) is 2. The third kappa shape index (κ3) is 3.73. The highest BCUT2D eigenvalue weighted by molar-refractivity contribution is 4.66. The second-order valence-electron chi connectivity index (χ2n) is 3.67. The number of hydrogen-bond donors (Lipinski definition) is 1. The third-order valence-electron chi connectivity index (χ3n) is 2.35. The van der Waals surface area contributed by atoms with Crippen LogP contribution in [0.4, 0.5) is 0 Å². The highest BCUT2D eigenvalue weighted by Gasteiger charge is 2.09. The Balaban J connectivity index is 2.05. The van der Waals surface area contributed by atoms with Crippen LogP contribution in [-0.2, 0) is 0 Å². The van der Waals surface area contributed by atoms with E-state index in [1.54, 1.807) is 0 Å². The first-order valence-electron chi connectivity index (χ1n) is 4.77. The average Bonchev–Trinajstić information content (AvgIpc) is 2.03. The van der Waals surface area contributed by atoms with Crippen molar-refractivity contribution in [2.24, 2.45) is 5.73 Å². The van der Waals surface area contributed by atoms with E-state index >= 15 is 0 Å². The third-order valence-corrected chi connectivity index (χ3v) is 2.35. The van der Waals surface area contributed by atoms with Gasteiger partial charge in [0.1, 0.15) is 0 Å². The van der Waals surface area contributed by atoms with Crippen molar-refractivity contribution < 1.29 is 0 Å². The van der Waals surface area contributed by atoms with E-state index in [2.05, 4.69) is 11.8 Å². The zero-order valence-corrected chi connectivity index (χ0v) is 7.55. The van der Waals surface area contributed by atoms with Gasteiger partial charge in [0.25, 0.3) is 0 Å². The molecule has 0 unspecified atom stereocenters. The number of nitrogens with zero attached hydrogens (tertiary/aromatic N) is 1. The van der Waals surface area contributed by atoms with E-state index in [1.165, 1.54) is 38.9 Å². The first-order chi connectivity index (χ1) is 5.29. The van der Waals surface area contributed by atoms with E-state index < -0.39 is 0 Å². The molecular weight excluding hydrogens is 136 g/mol. The number of rotatable bonds is 3. The molecule has 0 aromatic heterocycles. The van der Waals surface area contributed by atoms with Gasteiger partial charge in [-0.3, -0.25) is 0 Å². The minimum absolute atomic E-state index is 0.372. The molecule has 1 aliphatic heterocycles. The Bertz CT molecular complexity index is 95.7. The van der Waals surface area contributed by atoms with Crippen LogP contribution >= 0.6 is 0 Å². The molecule has 1 heterocycles. The van der Waals surface area contributed by atoms with Crippen molar-refractivity contribution in [1.29, 1.82) is 0 Å². The Morgan fingerprint density at radius 2 is 1.91 bits per heavy atom. The summed E-state index contributed by atoms with van der Waals surface area (Å²) in [6.45, 7) is 5.89. The molecule has 1 atom stereocenters. The minimum Gasteiger partial charge on any atom is -0.328 e. The lowest BCUT2D eigenvalue weighted by Crippen LogP contribution is -2.33. The molecule has 66 valence electrons. The van der Waals surface area contributed by atoms with Gasteiger partial charge < -0.3 is 10.6 Å². The largest absolute Gasteiger partial charge is 0.328 e. The van der Waals surface area contributed by atoms with Crippen molar-refractivity contribution in [3.8, 4) is 0 Å². The van der Waals surface area contributed by atoms with Crippen LogP contribution < -0.4 is 5.73 Å². The number of nitrogens with two attached hydrogens (primary N) is 1. The molecule has 2 N–H and O–H groups in total. The molecule has 1 rings (SSSR count). The van der Waals surface area contributed by atoms with Crippen molar-refractivity contribution in [3.05, 3.63) is 0 Å². The van der Waals surface area contributed by atoms with Crippen LogP contribution in [0, 0.1) is 0 Å². The van der Waals surface area contributed by atoms with Gasteiger partial charge in [0.15, 0.2) is 0 Å². The van der Waals surface area contributed by atoms with Crippen molar-refractivity contribution >= 4 is 0 Å². The summed E-state index contributed by atoms with van der Waals surface area (Å²) in [6, 6.07) is 0.372. The normalized spacial score (nSPS) is 23.5. The summed E-state index contributed by atoms with van der Waals surface area (Å²) < 4.78 is 0. The van der Waals surface area contributed by atoms with Gasteiger partial charge in [0.05, 0.1) is 0 Å². The van der Waals surface area contributed by atoms with Gasteiger partial charge in [-0.2, -0.15) is 0 Å². The maximum absolute atomic E-state index is 5.68. The fourth-order valence-electron chi connectivity index (χ4n) is 1.57. The molecule has 0 bridgehead atoms. The molecule has 0 amide bonds. The van der Waals surface area contributed by atoms with Crippen molar-refractivity contribution in [2.45, 2.75) is 38.6 Å². The van der Waals surface area contributed by atoms with E-state index in [9.17, 15) is 0 Å². The molecule has 1 fully saturated rings. The van der Waals surface area contributed by atoms with Crippen molar-refractivity contribution in [3.63, 3.8) is 0 Å². The zero-order chi connectivity index (χ0) is 8.10. The van der Waals surface area contributed by atoms with Crippen LogP contribution in [0.15, 0.2) is 0 Å². The van der Waals surface area contributed by atoms with E-state index in [-0.39, 0.29) is 0 Å². The molecule has 0 aromatic carbocycles. The Morgan fingerprint density at radius 1 is 1.27 bits per heavy atom. The fraction of sp³-hybridized carbons (Fsp3) is 1.00. The van der Waals surface area contributed by atoms with Crippen LogP contribution in [0.5, 0.6) is 0 Å². The van der Waals surface area contributed by atoms with Gasteiger partial charge in [-0.1, -0.05) is 6.42 Å². The monoisotopic (exact) mass is 156 g/mol. The first-order valence-corrected chi connectivity index (χ1v) is 4.77. The quantitative estimate of drug-likeness (QED) is 0.665. The SMILES string of the molecule is C[C@H](N)CCN1CCCCC1. The summed E-state index contributed by atoms with van der Waals surface area (Å²) in [5.74, 6) is 0. The molecule has 0 spiro atoms. The summed E-state index contributed by atoms with van der Waals surface area (Å²) in [6.07, 6.45) is 5.35. The van der Waals surface area contributed by atoms with Crippen molar-refractivity contribution in [1.82, 2.24) is 4.90 Å². The first kappa shape index (κ1) is 9.01. The highest BCUT2D eigenvalue weighted by atomic mass is 15.1. The predicted octanol–water partition coefficient (Wildman–Crippen LogP) is 1.21. The topological polar surface area (TPSA) is 29.3 Å². The van der Waals surface area contributed by atoms with Crippen LogP contribution in [-0.4, -0.2) is 30.6 Å². The lowest BCUT2D eigenvalue weighted by molar-refractivity contribution is 0.222. The van der Waals surface area contributed by atoms with Gasteiger partial charge in [0, 0.05) is 6.04 Å². The Kier molecular flexibility index (Phi) is 3.87. The Morgan fingerprint density at radius 3 is 2.45 bits per heavy atom. The zero-order valence-electron chi connectivity index (χ0n) is 7.55. The summed E-state index contributed by atoms with van der Waals surface area (Å²) in [4.78, 5) is 2.53. The molecule has 0 aromatic rings. The van der Waals surface area contributed by atoms with Gasteiger partial charge in [-0.05, 0) is 45.8 Å². The maximum Gasteiger partial charge on any atom is 0.00226 e. The molecule has 2 nitrogen and oxygen atoms in total. The summed E-state index contributed by atoms with van der Waals surface area (Å²) in [7, 11) is 0. The standard InChI is InChI=1S/C9H20N2/c1-9(10)5-8-11-6-3-2-4-7-11/h9H,2-8,10H2,1H3/t9-/m0/s1. The molecule has 0 aliphatic carbocycles. The van der Waals surface area contributed by atoms with Crippen molar-refractivity contribution in [2.75, 3.05) is 19.6 Å². The fourth-order valence-corrected chi connectivity index (χ4v) is 1.57. The lowest BCUT2D eigenvalue weighted by Gasteiger charge is -2.26. The van der Waals surface area contributed by atoms with E-state index in [0.29, 0.717) is 6.04 Å². The average molecular weight is 156 g/mol. The van der Waals surface area contributed by atoms with Gasteiger partial charge in [0.2, 0.25) is 0 Å². The Hall–Kier alpha value is -0.0800. The van der Waals surface area contributed by atoms with E-state index in [0.717, 1.165) is 6.42 Å². The summed E-state index contributed by atoms with van der Waals surface area (Å²) in [5, 5.41) is 0. The summed E-state index contributed by atoms with van der Waals surface area (Å²) >= 11 is 0. The predicted molar refractivity (Wildman–Crippen MR) is 48.6 cm³/mol. The van der Waals surface area contributed by atoms with Gasteiger partial charge >= 0.3 is 0 Å².